The number of hydrogen-bond donors (Lipinski definition) is 0. The van der Waals surface area contributed by atoms with E-state index >= 15 is 0 Å². The molecule has 0 spiro atoms. The predicted molar refractivity (Wildman–Crippen MR) is 106 cm³/mol. The van der Waals surface area contributed by atoms with Gasteiger partial charge in [-0.1, -0.05) is 60.7 Å². The molecule has 1 aliphatic rings. The number of rotatable bonds is 6. The van der Waals surface area contributed by atoms with E-state index in [2.05, 4.69) is 52.3 Å². The molecule has 0 N–H and O–H groups in total. The SMILES string of the molecule is CN(C)C(=O)C(c1ccccc1)N1CCN(CCc2ccccc2)CC1. The molecule has 26 heavy (non-hydrogen) atoms. The first-order chi connectivity index (χ1) is 12.6. The maximum atomic E-state index is 12.8. The van der Waals surface area contributed by atoms with E-state index in [9.17, 15) is 4.79 Å². The molecule has 1 saturated heterocycles. The molecule has 0 bridgehead atoms. The Morgan fingerprint density at radius 1 is 0.923 bits per heavy atom. The van der Waals surface area contributed by atoms with Crippen molar-refractivity contribution in [3.05, 3.63) is 71.8 Å². The van der Waals surface area contributed by atoms with Gasteiger partial charge in [-0.3, -0.25) is 9.69 Å². The molecule has 0 radical (unpaired) electrons. The molecule has 4 nitrogen and oxygen atoms in total. The number of carbonyl (C=O) groups is 1. The molecule has 0 aromatic heterocycles. The zero-order chi connectivity index (χ0) is 18.4. The van der Waals surface area contributed by atoms with Crippen molar-refractivity contribution < 1.29 is 4.79 Å². The largest absolute Gasteiger partial charge is 0.347 e. The lowest BCUT2D eigenvalue weighted by Gasteiger charge is -2.39. The van der Waals surface area contributed by atoms with Crippen LogP contribution in [0, 0.1) is 0 Å². The van der Waals surface area contributed by atoms with E-state index in [0.29, 0.717) is 0 Å². The van der Waals surface area contributed by atoms with E-state index in [4.69, 9.17) is 0 Å². The molecule has 1 amide bonds. The summed E-state index contributed by atoms with van der Waals surface area (Å²) in [5.74, 6) is 0.161. The van der Waals surface area contributed by atoms with Gasteiger partial charge in [0.25, 0.3) is 0 Å². The van der Waals surface area contributed by atoms with Crippen LogP contribution >= 0.6 is 0 Å². The van der Waals surface area contributed by atoms with Crippen LogP contribution in [0.4, 0.5) is 0 Å². The molecule has 138 valence electrons. The molecule has 1 aliphatic heterocycles. The molecular weight excluding hydrogens is 322 g/mol. The van der Waals surface area contributed by atoms with Gasteiger partial charge in [0.15, 0.2) is 0 Å². The number of piperazine rings is 1. The highest BCUT2D eigenvalue weighted by molar-refractivity contribution is 5.82. The maximum absolute atomic E-state index is 12.8. The first kappa shape index (κ1) is 18.6. The van der Waals surface area contributed by atoms with E-state index in [-0.39, 0.29) is 11.9 Å². The van der Waals surface area contributed by atoms with Crippen LogP contribution in [0.15, 0.2) is 60.7 Å². The molecule has 1 heterocycles. The monoisotopic (exact) mass is 351 g/mol. The summed E-state index contributed by atoms with van der Waals surface area (Å²) in [4.78, 5) is 19.3. The first-order valence-electron chi connectivity index (χ1n) is 9.41. The van der Waals surface area contributed by atoms with E-state index in [1.807, 2.05) is 32.3 Å². The van der Waals surface area contributed by atoms with Crippen molar-refractivity contribution in [3.63, 3.8) is 0 Å². The number of nitrogens with zero attached hydrogens (tertiary/aromatic N) is 3. The third kappa shape index (κ3) is 4.71. The number of hydrogen-bond acceptors (Lipinski definition) is 3. The Morgan fingerprint density at radius 3 is 2.08 bits per heavy atom. The van der Waals surface area contributed by atoms with Crippen molar-refractivity contribution in [2.45, 2.75) is 12.5 Å². The van der Waals surface area contributed by atoms with E-state index in [0.717, 1.165) is 44.7 Å². The standard InChI is InChI=1S/C22H29N3O/c1-23(2)22(26)21(20-11-7-4-8-12-20)25-17-15-24(16-18-25)14-13-19-9-5-3-6-10-19/h3-12,21H,13-18H2,1-2H3. The minimum atomic E-state index is -0.178. The van der Waals surface area contributed by atoms with Crippen LogP contribution in [0.2, 0.25) is 0 Å². The number of amides is 1. The van der Waals surface area contributed by atoms with Crippen LogP contribution in [-0.4, -0.2) is 67.4 Å². The van der Waals surface area contributed by atoms with E-state index in [1.165, 1.54) is 5.56 Å². The molecule has 1 fully saturated rings. The predicted octanol–water partition coefficient (Wildman–Crippen LogP) is 2.68. The lowest BCUT2D eigenvalue weighted by molar-refractivity contribution is -0.135. The average molecular weight is 351 g/mol. The zero-order valence-electron chi connectivity index (χ0n) is 15.8. The van der Waals surface area contributed by atoms with Gasteiger partial charge < -0.3 is 9.80 Å². The highest BCUT2D eigenvalue weighted by Gasteiger charge is 2.31. The topological polar surface area (TPSA) is 26.8 Å². The van der Waals surface area contributed by atoms with Crippen molar-refractivity contribution >= 4 is 5.91 Å². The van der Waals surface area contributed by atoms with Crippen molar-refractivity contribution in [1.82, 2.24) is 14.7 Å². The second-order valence-corrected chi connectivity index (χ2v) is 7.16. The second kappa shape index (κ2) is 8.97. The van der Waals surface area contributed by atoms with Crippen molar-refractivity contribution in [3.8, 4) is 0 Å². The Kier molecular flexibility index (Phi) is 6.42. The third-order valence-electron chi connectivity index (χ3n) is 5.12. The second-order valence-electron chi connectivity index (χ2n) is 7.16. The fourth-order valence-electron chi connectivity index (χ4n) is 3.57. The molecule has 1 unspecified atom stereocenters. The summed E-state index contributed by atoms with van der Waals surface area (Å²) in [5.41, 5.74) is 2.48. The fourth-order valence-corrected chi connectivity index (χ4v) is 3.57. The first-order valence-corrected chi connectivity index (χ1v) is 9.41. The number of benzene rings is 2. The number of carbonyl (C=O) groups excluding carboxylic acids is 1. The summed E-state index contributed by atoms with van der Waals surface area (Å²) in [6, 6.07) is 20.6. The summed E-state index contributed by atoms with van der Waals surface area (Å²) in [5, 5.41) is 0. The quantitative estimate of drug-likeness (QED) is 0.801. The van der Waals surface area contributed by atoms with Crippen molar-refractivity contribution in [2.75, 3.05) is 46.8 Å². The Labute approximate surface area is 157 Å². The Hall–Kier alpha value is -2.17. The maximum Gasteiger partial charge on any atom is 0.244 e. The Balaban J connectivity index is 1.60. The summed E-state index contributed by atoms with van der Waals surface area (Å²) in [7, 11) is 3.68. The minimum absolute atomic E-state index is 0.161. The number of likely N-dealkylation sites (N-methyl/N-ethyl adjacent to an activating group) is 1. The summed E-state index contributed by atoms with van der Waals surface area (Å²) in [6.45, 7) is 4.95. The van der Waals surface area contributed by atoms with E-state index in [1.54, 1.807) is 4.90 Å². The van der Waals surface area contributed by atoms with Gasteiger partial charge in [0, 0.05) is 46.8 Å². The lowest BCUT2D eigenvalue weighted by atomic mass is 10.0. The summed E-state index contributed by atoms with van der Waals surface area (Å²) < 4.78 is 0. The zero-order valence-corrected chi connectivity index (χ0v) is 15.8. The van der Waals surface area contributed by atoms with Crippen molar-refractivity contribution in [2.24, 2.45) is 0 Å². The molecule has 2 aromatic rings. The van der Waals surface area contributed by atoms with Crippen LogP contribution in [-0.2, 0) is 11.2 Å². The average Bonchev–Trinajstić information content (AvgIpc) is 2.69. The van der Waals surface area contributed by atoms with Crippen LogP contribution in [0.3, 0.4) is 0 Å². The van der Waals surface area contributed by atoms with Crippen LogP contribution < -0.4 is 0 Å². The molecule has 4 heteroatoms. The van der Waals surface area contributed by atoms with Gasteiger partial charge in [-0.25, -0.2) is 0 Å². The van der Waals surface area contributed by atoms with Gasteiger partial charge in [-0.15, -0.1) is 0 Å². The highest BCUT2D eigenvalue weighted by atomic mass is 16.2. The van der Waals surface area contributed by atoms with Gasteiger partial charge in [0.05, 0.1) is 0 Å². The molecular formula is C22H29N3O. The normalized spacial score (nSPS) is 17.0. The smallest absolute Gasteiger partial charge is 0.244 e. The highest BCUT2D eigenvalue weighted by Crippen LogP contribution is 2.24. The molecule has 2 aromatic carbocycles. The van der Waals surface area contributed by atoms with Gasteiger partial charge in [0.1, 0.15) is 6.04 Å². The van der Waals surface area contributed by atoms with Crippen molar-refractivity contribution in [1.29, 1.82) is 0 Å². The summed E-state index contributed by atoms with van der Waals surface area (Å²) in [6.07, 6.45) is 1.08. The van der Waals surface area contributed by atoms with Gasteiger partial charge in [-0.05, 0) is 17.5 Å². The van der Waals surface area contributed by atoms with Crippen LogP contribution in [0.1, 0.15) is 17.2 Å². The van der Waals surface area contributed by atoms with Gasteiger partial charge >= 0.3 is 0 Å². The molecule has 1 atom stereocenters. The van der Waals surface area contributed by atoms with Crippen LogP contribution in [0.5, 0.6) is 0 Å². The van der Waals surface area contributed by atoms with Crippen LogP contribution in [0.25, 0.3) is 0 Å². The lowest BCUT2D eigenvalue weighted by Crippen LogP contribution is -2.51. The van der Waals surface area contributed by atoms with Gasteiger partial charge in [-0.2, -0.15) is 0 Å². The Bertz CT molecular complexity index is 679. The molecule has 0 aliphatic carbocycles. The molecule has 3 rings (SSSR count). The Morgan fingerprint density at radius 2 is 1.50 bits per heavy atom. The molecule has 0 saturated carbocycles. The van der Waals surface area contributed by atoms with Gasteiger partial charge in [0.2, 0.25) is 5.91 Å². The van der Waals surface area contributed by atoms with E-state index < -0.39 is 0 Å². The minimum Gasteiger partial charge on any atom is -0.347 e. The fraction of sp³-hybridized carbons (Fsp3) is 0.409. The third-order valence-corrected chi connectivity index (χ3v) is 5.12. The summed E-state index contributed by atoms with van der Waals surface area (Å²) >= 11 is 0.